The van der Waals surface area contributed by atoms with Crippen LogP contribution in [0.2, 0.25) is 10.0 Å². The van der Waals surface area contributed by atoms with E-state index >= 15 is 0 Å². The third kappa shape index (κ3) is 3.90. The van der Waals surface area contributed by atoms with Crippen LogP contribution in [-0.4, -0.2) is 19.0 Å². The fraction of sp³-hybridized carbons (Fsp3) is 0.188. The summed E-state index contributed by atoms with van der Waals surface area (Å²) in [5.74, 6) is 0.986. The molecule has 0 saturated carbocycles. The summed E-state index contributed by atoms with van der Waals surface area (Å²) in [5, 5.41) is 0.887. The SMILES string of the molecule is COc1ccc(C(=O)C(C)Oc2ccc(Cl)cc2Cl)cc1. The lowest BCUT2D eigenvalue weighted by Gasteiger charge is -2.15. The van der Waals surface area contributed by atoms with Crippen molar-refractivity contribution < 1.29 is 14.3 Å². The van der Waals surface area contributed by atoms with Gasteiger partial charge in [0.25, 0.3) is 0 Å². The second-order valence-corrected chi connectivity index (χ2v) is 5.27. The van der Waals surface area contributed by atoms with E-state index in [9.17, 15) is 4.79 Å². The van der Waals surface area contributed by atoms with E-state index < -0.39 is 6.10 Å². The lowest BCUT2D eigenvalue weighted by atomic mass is 10.1. The van der Waals surface area contributed by atoms with Crippen LogP contribution in [0.25, 0.3) is 0 Å². The normalized spacial score (nSPS) is 11.8. The summed E-state index contributed by atoms with van der Waals surface area (Å²) >= 11 is 11.8. The molecule has 0 aliphatic heterocycles. The molecular weight excluding hydrogens is 311 g/mol. The van der Waals surface area contributed by atoms with Crippen LogP contribution < -0.4 is 9.47 Å². The zero-order valence-corrected chi connectivity index (χ0v) is 13.1. The zero-order valence-electron chi connectivity index (χ0n) is 11.6. The summed E-state index contributed by atoms with van der Waals surface area (Å²) in [6.07, 6.45) is -0.655. The molecule has 0 saturated heterocycles. The van der Waals surface area contributed by atoms with Crippen molar-refractivity contribution in [3.05, 3.63) is 58.1 Å². The van der Waals surface area contributed by atoms with Gasteiger partial charge in [-0.15, -0.1) is 0 Å². The topological polar surface area (TPSA) is 35.5 Å². The highest BCUT2D eigenvalue weighted by Gasteiger charge is 2.18. The molecule has 0 fully saturated rings. The molecular formula is C16H14Cl2O3. The van der Waals surface area contributed by atoms with Crippen molar-refractivity contribution >= 4 is 29.0 Å². The first-order valence-corrected chi connectivity index (χ1v) is 7.07. The van der Waals surface area contributed by atoms with Crippen LogP contribution in [0.3, 0.4) is 0 Å². The molecule has 3 nitrogen and oxygen atoms in total. The molecule has 5 heteroatoms. The highest BCUT2D eigenvalue weighted by atomic mass is 35.5. The minimum absolute atomic E-state index is 0.135. The maximum atomic E-state index is 12.3. The van der Waals surface area contributed by atoms with Crippen molar-refractivity contribution in [3.8, 4) is 11.5 Å². The van der Waals surface area contributed by atoms with Crippen LogP contribution in [0.15, 0.2) is 42.5 Å². The van der Waals surface area contributed by atoms with Gasteiger partial charge in [-0.1, -0.05) is 23.2 Å². The Bertz CT molecular complexity index is 638. The van der Waals surface area contributed by atoms with Gasteiger partial charge in [0.15, 0.2) is 6.10 Å². The number of benzene rings is 2. The van der Waals surface area contributed by atoms with Gasteiger partial charge in [0.1, 0.15) is 11.5 Å². The van der Waals surface area contributed by atoms with Gasteiger partial charge in [0.05, 0.1) is 12.1 Å². The van der Waals surface area contributed by atoms with E-state index in [0.717, 1.165) is 0 Å². The number of hydrogen-bond acceptors (Lipinski definition) is 3. The highest BCUT2D eigenvalue weighted by Crippen LogP contribution is 2.28. The molecule has 1 unspecified atom stereocenters. The highest BCUT2D eigenvalue weighted by molar-refractivity contribution is 6.35. The third-order valence-electron chi connectivity index (χ3n) is 2.94. The summed E-state index contributed by atoms with van der Waals surface area (Å²) in [6.45, 7) is 1.68. The minimum atomic E-state index is -0.655. The quantitative estimate of drug-likeness (QED) is 0.751. The molecule has 1 atom stereocenters. The Hall–Kier alpha value is -1.71. The Morgan fingerprint density at radius 2 is 1.76 bits per heavy atom. The number of carbonyl (C=O) groups is 1. The number of ketones is 1. The van der Waals surface area contributed by atoms with Crippen molar-refractivity contribution in [1.82, 2.24) is 0 Å². The molecule has 2 aromatic rings. The maximum absolute atomic E-state index is 12.3. The largest absolute Gasteiger partial charge is 0.497 e. The van der Waals surface area contributed by atoms with Crippen LogP contribution in [0.1, 0.15) is 17.3 Å². The molecule has 2 aromatic carbocycles. The van der Waals surface area contributed by atoms with Gasteiger partial charge in [-0.05, 0) is 49.4 Å². The van der Waals surface area contributed by atoms with Crippen molar-refractivity contribution in [1.29, 1.82) is 0 Å². The van der Waals surface area contributed by atoms with Crippen molar-refractivity contribution in [3.63, 3.8) is 0 Å². The van der Waals surface area contributed by atoms with Crippen molar-refractivity contribution in [2.24, 2.45) is 0 Å². The molecule has 0 N–H and O–H groups in total. The van der Waals surface area contributed by atoms with Crippen molar-refractivity contribution in [2.75, 3.05) is 7.11 Å². The fourth-order valence-electron chi connectivity index (χ4n) is 1.80. The average Bonchev–Trinajstić information content (AvgIpc) is 2.49. The van der Waals surface area contributed by atoms with Gasteiger partial charge < -0.3 is 9.47 Å². The van der Waals surface area contributed by atoms with Crippen LogP contribution in [-0.2, 0) is 0 Å². The zero-order chi connectivity index (χ0) is 15.4. The van der Waals surface area contributed by atoms with Gasteiger partial charge >= 0.3 is 0 Å². The maximum Gasteiger partial charge on any atom is 0.202 e. The van der Waals surface area contributed by atoms with Gasteiger partial charge in [0, 0.05) is 10.6 Å². The molecule has 0 spiro atoms. The van der Waals surface area contributed by atoms with E-state index in [2.05, 4.69) is 0 Å². The molecule has 0 aliphatic carbocycles. The first-order valence-electron chi connectivity index (χ1n) is 6.31. The second kappa shape index (κ2) is 6.83. The van der Waals surface area contributed by atoms with E-state index in [1.165, 1.54) is 0 Å². The number of halogens is 2. The van der Waals surface area contributed by atoms with E-state index in [0.29, 0.717) is 27.1 Å². The summed E-state index contributed by atoms with van der Waals surface area (Å²) in [6, 6.07) is 11.7. The van der Waals surface area contributed by atoms with Gasteiger partial charge in [-0.25, -0.2) is 0 Å². The molecule has 0 heterocycles. The molecule has 21 heavy (non-hydrogen) atoms. The molecule has 0 amide bonds. The molecule has 2 rings (SSSR count). The fourth-order valence-corrected chi connectivity index (χ4v) is 2.26. The number of Topliss-reactive ketones (excluding diaryl/α,β-unsaturated/α-hetero) is 1. The van der Waals surface area contributed by atoms with E-state index in [-0.39, 0.29) is 5.78 Å². The Labute approximate surface area is 133 Å². The van der Waals surface area contributed by atoms with E-state index in [1.54, 1.807) is 56.5 Å². The minimum Gasteiger partial charge on any atom is -0.497 e. The lowest BCUT2D eigenvalue weighted by Crippen LogP contribution is -2.24. The summed E-state index contributed by atoms with van der Waals surface area (Å²) in [4.78, 5) is 12.3. The van der Waals surface area contributed by atoms with Gasteiger partial charge in [-0.3, -0.25) is 4.79 Å². The number of methoxy groups -OCH3 is 1. The average molecular weight is 325 g/mol. The van der Waals surface area contributed by atoms with Crippen LogP contribution in [0, 0.1) is 0 Å². The summed E-state index contributed by atoms with van der Waals surface area (Å²) < 4.78 is 10.7. The van der Waals surface area contributed by atoms with Gasteiger partial charge in [0.2, 0.25) is 5.78 Å². The Kier molecular flexibility index (Phi) is 5.10. The van der Waals surface area contributed by atoms with Crippen LogP contribution in [0.4, 0.5) is 0 Å². The number of hydrogen-bond donors (Lipinski definition) is 0. The summed E-state index contributed by atoms with van der Waals surface area (Å²) in [5.41, 5.74) is 0.549. The Balaban J connectivity index is 2.11. The first kappa shape index (κ1) is 15.7. The molecule has 0 aromatic heterocycles. The molecule has 0 aliphatic rings. The number of carbonyl (C=O) groups excluding carboxylic acids is 1. The number of ether oxygens (including phenoxy) is 2. The third-order valence-corrected chi connectivity index (χ3v) is 3.47. The molecule has 110 valence electrons. The molecule has 0 bridgehead atoms. The van der Waals surface area contributed by atoms with Crippen LogP contribution >= 0.6 is 23.2 Å². The standard InChI is InChI=1S/C16H14Cl2O3/c1-10(21-15-8-5-12(17)9-14(15)18)16(19)11-3-6-13(20-2)7-4-11/h3-10H,1-2H3. The Morgan fingerprint density at radius 3 is 2.33 bits per heavy atom. The van der Waals surface area contributed by atoms with E-state index in [4.69, 9.17) is 32.7 Å². The number of rotatable bonds is 5. The van der Waals surface area contributed by atoms with Crippen LogP contribution in [0.5, 0.6) is 11.5 Å². The van der Waals surface area contributed by atoms with E-state index in [1.807, 2.05) is 0 Å². The second-order valence-electron chi connectivity index (χ2n) is 4.43. The summed E-state index contributed by atoms with van der Waals surface area (Å²) in [7, 11) is 1.57. The lowest BCUT2D eigenvalue weighted by molar-refractivity contribution is 0.0818. The monoisotopic (exact) mass is 324 g/mol. The predicted molar refractivity (Wildman–Crippen MR) is 83.9 cm³/mol. The molecule has 0 radical (unpaired) electrons. The predicted octanol–water partition coefficient (Wildman–Crippen LogP) is 4.65. The van der Waals surface area contributed by atoms with Crippen molar-refractivity contribution in [2.45, 2.75) is 13.0 Å². The Morgan fingerprint density at radius 1 is 1.10 bits per heavy atom. The van der Waals surface area contributed by atoms with Gasteiger partial charge in [-0.2, -0.15) is 0 Å². The smallest absolute Gasteiger partial charge is 0.202 e. The first-order chi connectivity index (χ1) is 10.0.